The van der Waals surface area contributed by atoms with Crippen LogP contribution in [0.3, 0.4) is 0 Å². The molecule has 1 aliphatic carbocycles. The Balaban J connectivity index is 1.49. The first-order chi connectivity index (χ1) is 12.6. The number of nitrogens with one attached hydrogen (secondary N) is 1. The predicted octanol–water partition coefficient (Wildman–Crippen LogP) is 3.88. The van der Waals surface area contributed by atoms with Crippen LogP contribution in [0.5, 0.6) is 0 Å². The van der Waals surface area contributed by atoms with E-state index in [1.807, 2.05) is 12.1 Å². The number of aromatic nitrogens is 3. The zero-order chi connectivity index (χ0) is 18.1. The van der Waals surface area contributed by atoms with E-state index >= 15 is 0 Å². The number of rotatable bonds is 5. The van der Waals surface area contributed by atoms with E-state index in [9.17, 15) is 4.79 Å². The van der Waals surface area contributed by atoms with Gasteiger partial charge < -0.3 is 13.8 Å². The second-order valence-electron chi connectivity index (χ2n) is 6.09. The minimum Gasteiger partial charge on any atom is -0.419 e. The van der Waals surface area contributed by atoms with Crippen LogP contribution in [0, 0.1) is 6.92 Å². The smallest absolute Gasteiger partial charge is 0.323 e. The topological polar surface area (TPSA) is 97.3 Å². The van der Waals surface area contributed by atoms with Crippen LogP contribution in [0.2, 0.25) is 5.02 Å². The normalized spacial score (nSPS) is 13.6. The van der Waals surface area contributed by atoms with Gasteiger partial charge in [0.15, 0.2) is 5.82 Å². The predicted molar refractivity (Wildman–Crippen MR) is 93.6 cm³/mol. The lowest BCUT2D eigenvalue weighted by Gasteiger charge is -2.20. The first-order valence-corrected chi connectivity index (χ1v) is 8.56. The molecule has 0 unspecified atom stereocenters. The Hall–Kier alpha value is -2.87. The molecule has 1 N–H and O–H groups in total. The molecule has 2 heterocycles. The van der Waals surface area contributed by atoms with Gasteiger partial charge in [0.2, 0.25) is 11.8 Å². The average Bonchev–Trinajstić information content (AvgIpc) is 3.22. The number of carbonyl (C=O) groups is 1. The summed E-state index contributed by atoms with van der Waals surface area (Å²) in [5, 5.41) is 15.1. The maximum Gasteiger partial charge on any atom is 0.323 e. The third-order valence-corrected chi connectivity index (χ3v) is 4.32. The monoisotopic (exact) mass is 373 g/mol. The van der Waals surface area contributed by atoms with Gasteiger partial charge in [-0.15, -0.1) is 10.2 Å². The number of halogens is 1. The summed E-state index contributed by atoms with van der Waals surface area (Å²) in [6, 6.07) is 8.76. The summed E-state index contributed by atoms with van der Waals surface area (Å²) in [6.45, 7) is 1.97. The number of anilines is 1. The summed E-state index contributed by atoms with van der Waals surface area (Å²) < 4.78 is 10.7. The molecule has 8 nitrogen and oxygen atoms in total. The van der Waals surface area contributed by atoms with Crippen LogP contribution < -0.4 is 5.32 Å². The molecule has 134 valence electrons. The molecule has 3 aromatic rings. The summed E-state index contributed by atoms with van der Waals surface area (Å²) in [6.07, 6.45) is 1.88. The van der Waals surface area contributed by atoms with Gasteiger partial charge in [-0.1, -0.05) is 28.9 Å². The highest BCUT2D eigenvalue weighted by atomic mass is 35.5. The highest BCUT2D eigenvalue weighted by molar-refractivity contribution is 6.33. The van der Waals surface area contributed by atoms with Crippen molar-refractivity contribution in [3.8, 4) is 11.5 Å². The Bertz CT molecular complexity index is 934. The number of hydrogen-bond donors (Lipinski definition) is 1. The molecule has 1 aromatic carbocycles. The minimum atomic E-state index is -0.279. The number of aryl methyl sites for hydroxylation is 1. The fourth-order valence-electron chi connectivity index (χ4n) is 2.57. The Morgan fingerprint density at radius 3 is 2.85 bits per heavy atom. The molecule has 0 spiro atoms. The van der Waals surface area contributed by atoms with E-state index in [0.717, 1.165) is 12.8 Å². The van der Waals surface area contributed by atoms with E-state index < -0.39 is 0 Å². The highest BCUT2D eigenvalue weighted by Crippen LogP contribution is 2.30. The zero-order valence-corrected chi connectivity index (χ0v) is 14.7. The van der Waals surface area contributed by atoms with Gasteiger partial charge in [0.25, 0.3) is 0 Å². The van der Waals surface area contributed by atoms with Crippen molar-refractivity contribution in [2.45, 2.75) is 32.4 Å². The quantitative estimate of drug-likeness (QED) is 0.728. The molecule has 0 atom stereocenters. The van der Waals surface area contributed by atoms with Gasteiger partial charge in [-0.2, -0.15) is 0 Å². The Kier molecular flexibility index (Phi) is 4.34. The van der Waals surface area contributed by atoms with Crippen LogP contribution in [-0.2, 0) is 6.54 Å². The van der Waals surface area contributed by atoms with Crippen LogP contribution in [-0.4, -0.2) is 32.3 Å². The molecule has 2 amide bonds. The van der Waals surface area contributed by atoms with Gasteiger partial charge >= 0.3 is 6.03 Å². The number of benzene rings is 1. The van der Waals surface area contributed by atoms with Gasteiger partial charge in [0.05, 0.1) is 10.6 Å². The fourth-order valence-corrected chi connectivity index (χ4v) is 2.78. The maximum atomic E-state index is 12.6. The van der Waals surface area contributed by atoms with Crippen molar-refractivity contribution >= 4 is 23.4 Å². The summed E-state index contributed by atoms with van der Waals surface area (Å²) in [5.74, 6) is 1.67. The van der Waals surface area contributed by atoms with E-state index in [-0.39, 0.29) is 18.6 Å². The van der Waals surface area contributed by atoms with Crippen LogP contribution in [0.4, 0.5) is 10.6 Å². The first-order valence-electron chi connectivity index (χ1n) is 8.18. The standard InChI is InChI=1S/C17H16ClN5O3/c1-10-8-14(22-26-10)19-17(24)23(11-6-7-11)9-15-20-21-16(25-15)12-4-2-3-5-13(12)18/h2-5,8,11H,6-7,9H2,1H3,(H,19,22,24). The molecule has 9 heteroatoms. The maximum absolute atomic E-state index is 12.6. The third kappa shape index (κ3) is 3.55. The molecular weight excluding hydrogens is 358 g/mol. The molecule has 26 heavy (non-hydrogen) atoms. The van der Waals surface area contributed by atoms with Gasteiger partial charge in [-0.05, 0) is 31.9 Å². The number of amides is 2. The van der Waals surface area contributed by atoms with E-state index in [2.05, 4.69) is 20.7 Å². The molecule has 1 aliphatic rings. The lowest BCUT2D eigenvalue weighted by Crippen LogP contribution is -2.36. The first kappa shape index (κ1) is 16.6. The van der Waals surface area contributed by atoms with Gasteiger partial charge in [-0.3, -0.25) is 5.32 Å². The van der Waals surface area contributed by atoms with Crippen molar-refractivity contribution < 1.29 is 13.7 Å². The molecule has 0 radical (unpaired) electrons. The Morgan fingerprint density at radius 1 is 1.35 bits per heavy atom. The fraction of sp³-hybridized carbons (Fsp3) is 0.294. The largest absolute Gasteiger partial charge is 0.419 e. The van der Waals surface area contributed by atoms with Crippen LogP contribution in [0.1, 0.15) is 24.5 Å². The average molecular weight is 374 g/mol. The highest BCUT2D eigenvalue weighted by Gasteiger charge is 2.34. The summed E-state index contributed by atoms with van der Waals surface area (Å²) in [5.41, 5.74) is 0.661. The number of carbonyl (C=O) groups excluding carboxylic acids is 1. The molecule has 0 saturated heterocycles. The van der Waals surface area contributed by atoms with E-state index in [0.29, 0.717) is 33.9 Å². The van der Waals surface area contributed by atoms with E-state index in [1.165, 1.54) is 0 Å². The molecule has 1 fully saturated rings. The van der Waals surface area contributed by atoms with E-state index in [1.54, 1.807) is 30.0 Å². The van der Waals surface area contributed by atoms with Gasteiger partial charge in [0.1, 0.15) is 12.3 Å². The lowest BCUT2D eigenvalue weighted by atomic mass is 10.2. The van der Waals surface area contributed by atoms with Crippen molar-refractivity contribution in [2.75, 3.05) is 5.32 Å². The molecule has 1 saturated carbocycles. The molecular formula is C17H16ClN5O3. The van der Waals surface area contributed by atoms with Crippen molar-refractivity contribution in [1.29, 1.82) is 0 Å². The van der Waals surface area contributed by atoms with Crippen molar-refractivity contribution in [1.82, 2.24) is 20.3 Å². The SMILES string of the molecule is Cc1cc(NC(=O)N(Cc2nnc(-c3ccccc3Cl)o2)C2CC2)no1. The van der Waals surface area contributed by atoms with Gasteiger partial charge in [0, 0.05) is 12.1 Å². The second kappa shape index (κ2) is 6.80. The van der Waals surface area contributed by atoms with Crippen molar-refractivity contribution in [3.05, 3.63) is 47.0 Å². The van der Waals surface area contributed by atoms with Crippen LogP contribution >= 0.6 is 11.6 Å². The number of nitrogens with zero attached hydrogens (tertiary/aromatic N) is 4. The van der Waals surface area contributed by atoms with E-state index in [4.69, 9.17) is 20.5 Å². The van der Waals surface area contributed by atoms with Crippen LogP contribution in [0.25, 0.3) is 11.5 Å². The van der Waals surface area contributed by atoms with Gasteiger partial charge in [-0.25, -0.2) is 4.79 Å². The molecule has 0 bridgehead atoms. The third-order valence-electron chi connectivity index (χ3n) is 3.99. The molecule has 0 aliphatic heterocycles. The lowest BCUT2D eigenvalue weighted by molar-refractivity contribution is 0.199. The molecule has 4 rings (SSSR count). The van der Waals surface area contributed by atoms with Crippen molar-refractivity contribution in [2.24, 2.45) is 0 Å². The zero-order valence-electron chi connectivity index (χ0n) is 14.0. The summed E-state index contributed by atoms with van der Waals surface area (Å²) in [4.78, 5) is 14.2. The molecule has 2 aromatic heterocycles. The number of hydrogen-bond acceptors (Lipinski definition) is 6. The summed E-state index contributed by atoms with van der Waals surface area (Å²) >= 11 is 6.16. The van der Waals surface area contributed by atoms with Crippen LogP contribution in [0.15, 0.2) is 39.3 Å². The van der Waals surface area contributed by atoms with Crippen molar-refractivity contribution in [3.63, 3.8) is 0 Å². The Morgan fingerprint density at radius 2 is 2.15 bits per heavy atom. The number of urea groups is 1. The second-order valence-corrected chi connectivity index (χ2v) is 6.50. The minimum absolute atomic E-state index is 0.152. The Labute approximate surface area is 154 Å². The summed E-state index contributed by atoms with van der Waals surface area (Å²) in [7, 11) is 0.